The van der Waals surface area contributed by atoms with Gasteiger partial charge in [-0.15, -0.1) is 0 Å². The average Bonchev–Trinajstić information content (AvgIpc) is 3.23. The number of pyridine rings is 1. The molecule has 2 aromatic carbocycles. The number of benzene rings is 2. The van der Waals surface area contributed by atoms with E-state index in [1.54, 1.807) is 18.3 Å². The Bertz CT molecular complexity index is 1500. The first-order valence-electron chi connectivity index (χ1n) is 13.8. The van der Waals surface area contributed by atoms with Crippen LogP contribution in [0.15, 0.2) is 54.7 Å². The molecule has 0 saturated carbocycles. The lowest BCUT2D eigenvalue weighted by Gasteiger charge is -2.22. The van der Waals surface area contributed by atoms with Crippen LogP contribution in [0, 0.1) is 5.92 Å². The highest BCUT2D eigenvalue weighted by Crippen LogP contribution is 2.33. The summed E-state index contributed by atoms with van der Waals surface area (Å²) in [6, 6.07) is 15.3. The number of nitrogens with zero attached hydrogens (tertiary/aromatic N) is 3. The number of anilines is 3. The molecule has 0 radical (unpaired) electrons. The van der Waals surface area contributed by atoms with Gasteiger partial charge in [0.25, 0.3) is 0 Å². The van der Waals surface area contributed by atoms with Gasteiger partial charge in [0.1, 0.15) is 17.3 Å². The lowest BCUT2D eigenvalue weighted by molar-refractivity contribution is -0.116. The number of aryl methyl sites for hydroxylation is 1. The molecule has 9 heteroatoms. The molecular formula is C31H37ClN6O2. The number of fused-ring (bicyclic) bond motifs is 1. The number of aromatic nitrogens is 3. The van der Waals surface area contributed by atoms with E-state index in [9.17, 15) is 4.79 Å². The Kier molecular flexibility index (Phi) is 8.28. The Morgan fingerprint density at radius 1 is 1.10 bits per heavy atom. The maximum atomic E-state index is 12.5. The van der Waals surface area contributed by atoms with Gasteiger partial charge in [-0.05, 0) is 85.6 Å². The fraction of sp³-hybridized carbons (Fsp3) is 0.387. The molecule has 0 spiro atoms. The van der Waals surface area contributed by atoms with Crippen LogP contribution in [0.1, 0.15) is 52.0 Å². The normalized spacial score (nSPS) is 14.3. The second-order valence-electron chi connectivity index (χ2n) is 11.5. The molecule has 8 nitrogen and oxygen atoms in total. The molecular weight excluding hydrogens is 524 g/mol. The fourth-order valence-electron chi connectivity index (χ4n) is 5.05. The van der Waals surface area contributed by atoms with Crippen LogP contribution >= 0.6 is 11.6 Å². The summed E-state index contributed by atoms with van der Waals surface area (Å²) in [5, 5.41) is 10.5. The van der Waals surface area contributed by atoms with Gasteiger partial charge in [0.15, 0.2) is 0 Å². The highest BCUT2D eigenvalue weighted by molar-refractivity contribution is 6.31. The Morgan fingerprint density at radius 2 is 1.88 bits per heavy atom. The number of carbonyl (C=O) groups excluding carboxylic acids is 1. The number of ether oxygens (including phenoxy) is 1. The summed E-state index contributed by atoms with van der Waals surface area (Å²) in [6.45, 7) is 8.51. The highest BCUT2D eigenvalue weighted by Gasteiger charge is 2.19. The van der Waals surface area contributed by atoms with Gasteiger partial charge in [-0.3, -0.25) is 4.79 Å². The predicted octanol–water partition coefficient (Wildman–Crippen LogP) is 7.17. The van der Waals surface area contributed by atoms with Crippen molar-refractivity contribution >= 4 is 46.0 Å². The Balaban J connectivity index is 1.25. The van der Waals surface area contributed by atoms with Crippen LogP contribution in [0.2, 0.25) is 5.02 Å². The number of hydrogen-bond donors (Lipinski definition) is 3. The smallest absolute Gasteiger partial charge is 0.225 e. The summed E-state index contributed by atoms with van der Waals surface area (Å²) in [6.07, 6.45) is 5.30. The second-order valence-corrected chi connectivity index (χ2v) is 11.9. The number of imidazole rings is 1. The first-order valence-corrected chi connectivity index (χ1v) is 14.2. The lowest BCUT2D eigenvalue weighted by atomic mass is 9.87. The minimum atomic E-state index is -0.0736. The first-order chi connectivity index (χ1) is 19.2. The molecule has 0 unspecified atom stereocenters. The van der Waals surface area contributed by atoms with Gasteiger partial charge in [0.2, 0.25) is 11.9 Å². The van der Waals surface area contributed by atoms with Crippen LogP contribution in [0.5, 0.6) is 11.5 Å². The molecule has 1 amide bonds. The molecule has 0 bridgehead atoms. The van der Waals surface area contributed by atoms with Crippen molar-refractivity contribution in [3.63, 3.8) is 0 Å². The highest BCUT2D eigenvalue weighted by atomic mass is 35.5. The van der Waals surface area contributed by atoms with Crippen LogP contribution in [0.4, 0.5) is 17.5 Å². The van der Waals surface area contributed by atoms with E-state index in [4.69, 9.17) is 21.3 Å². The lowest BCUT2D eigenvalue weighted by Crippen LogP contribution is -2.28. The molecule has 1 saturated heterocycles. The molecule has 1 fully saturated rings. The van der Waals surface area contributed by atoms with Crippen molar-refractivity contribution in [2.75, 3.05) is 23.7 Å². The van der Waals surface area contributed by atoms with E-state index in [2.05, 4.69) is 47.8 Å². The minimum absolute atomic E-state index is 0.0200. The van der Waals surface area contributed by atoms with Crippen LogP contribution in [-0.4, -0.2) is 33.5 Å². The molecule has 4 aromatic rings. The standard InChI is InChI=1S/C31H37ClN6O2/c1-31(2,3)24-17-21(6-8-25(24)32)35-30-36-26-18-22(7-9-27(26)38(30)4)40-23-13-16-34-28(19-23)37-29(39)10-5-20-11-14-33-15-12-20/h6-9,13,16-20,33H,5,10-12,14-15H2,1-4H3,(H,35,36)(H,34,37,39). The third-order valence-corrected chi connectivity index (χ3v) is 7.69. The van der Waals surface area contributed by atoms with E-state index in [1.807, 2.05) is 41.9 Å². The molecule has 5 rings (SSSR count). The van der Waals surface area contributed by atoms with Gasteiger partial charge in [0.05, 0.1) is 11.0 Å². The van der Waals surface area contributed by atoms with Crippen molar-refractivity contribution in [3.8, 4) is 11.5 Å². The van der Waals surface area contributed by atoms with E-state index >= 15 is 0 Å². The third-order valence-electron chi connectivity index (χ3n) is 7.36. The molecule has 2 aromatic heterocycles. The topological polar surface area (TPSA) is 93.1 Å². The summed E-state index contributed by atoms with van der Waals surface area (Å²) in [4.78, 5) is 21.6. The molecule has 3 heterocycles. The number of carbonyl (C=O) groups is 1. The summed E-state index contributed by atoms with van der Waals surface area (Å²) in [7, 11) is 1.97. The van der Waals surface area contributed by atoms with E-state index in [-0.39, 0.29) is 11.3 Å². The van der Waals surface area contributed by atoms with Gasteiger partial charge >= 0.3 is 0 Å². The molecule has 3 N–H and O–H groups in total. The van der Waals surface area contributed by atoms with Gasteiger partial charge in [-0.2, -0.15) is 0 Å². The van der Waals surface area contributed by atoms with Crippen LogP contribution in [0.25, 0.3) is 11.0 Å². The monoisotopic (exact) mass is 560 g/mol. The quantitative estimate of drug-likeness (QED) is 0.211. The minimum Gasteiger partial charge on any atom is -0.457 e. The number of amides is 1. The zero-order valence-electron chi connectivity index (χ0n) is 23.6. The van der Waals surface area contributed by atoms with Crippen LogP contribution < -0.4 is 20.7 Å². The number of halogens is 1. The number of piperidine rings is 1. The summed E-state index contributed by atoms with van der Waals surface area (Å²) in [5.74, 6) is 3.03. The van der Waals surface area contributed by atoms with Crippen molar-refractivity contribution < 1.29 is 9.53 Å². The summed E-state index contributed by atoms with van der Waals surface area (Å²) >= 11 is 6.45. The Morgan fingerprint density at radius 3 is 2.65 bits per heavy atom. The van der Waals surface area contributed by atoms with E-state index in [0.29, 0.717) is 35.6 Å². The maximum Gasteiger partial charge on any atom is 0.225 e. The third kappa shape index (κ3) is 6.74. The second kappa shape index (κ2) is 11.9. The molecule has 210 valence electrons. The number of rotatable bonds is 8. The average molecular weight is 561 g/mol. The molecule has 0 atom stereocenters. The largest absolute Gasteiger partial charge is 0.457 e. The molecule has 0 aliphatic carbocycles. The molecule has 1 aliphatic heterocycles. The van der Waals surface area contributed by atoms with Crippen molar-refractivity contribution in [2.45, 2.75) is 51.9 Å². The SMILES string of the molecule is Cn1c(Nc2ccc(Cl)c(C(C)(C)C)c2)nc2cc(Oc3ccnc(NC(=O)CCC4CCNCC4)c3)ccc21. The van der Waals surface area contributed by atoms with Crippen LogP contribution in [-0.2, 0) is 17.3 Å². The molecule has 40 heavy (non-hydrogen) atoms. The fourth-order valence-corrected chi connectivity index (χ4v) is 5.45. The maximum absolute atomic E-state index is 12.5. The van der Waals surface area contributed by atoms with Crippen molar-refractivity contribution in [1.82, 2.24) is 19.9 Å². The zero-order chi connectivity index (χ0) is 28.3. The first kappa shape index (κ1) is 27.9. The van der Waals surface area contributed by atoms with E-state index < -0.39 is 0 Å². The van der Waals surface area contributed by atoms with Crippen molar-refractivity contribution in [2.24, 2.45) is 13.0 Å². The van der Waals surface area contributed by atoms with Gasteiger partial charge in [-0.1, -0.05) is 32.4 Å². The van der Waals surface area contributed by atoms with Crippen molar-refractivity contribution in [1.29, 1.82) is 0 Å². The van der Waals surface area contributed by atoms with Gasteiger partial charge in [0, 0.05) is 42.5 Å². The van der Waals surface area contributed by atoms with Gasteiger partial charge < -0.3 is 25.3 Å². The summed E-state index contributed by atoms with van der Waals surface area (Å²) < 4.78 is 8.12. The van der Waals surface area contributed by atoms with Gasteiger partial charge in [-0.25, -0.2) is 9.97 Å². The number of hydrogen-bond acceptors (Lipinski definition) is 6. The summed E-state index contributed by atoms with van der Waals surface area (Å²) in [5.41, 5.74) is 3.69. The predicted molar refractivity (Wildman–Crippen MR) is 162 cm³/mol. The van der Waals surface area contributed by atoms with Crippen LogP contribution in [0.3, 0.4) is 0 Å². The van der Waals surface area contributed by atoms with E-state index in [1.165, 1.54) is 0 Å². The zero-order valence-corrected chi connectivity index (χ0v) is 24.3. The van der Waals surface area contributed by atoms with Crippen molar-refractivity contribution in [3.05, 3.63) is 65.3 Å². The number of nitrogens with one attached hydrogen (secondary N) is 3. The molecule has 1 aliphatic rings. The Labute approximate surface area is 240 Å². The Hall–Kier alpha value is -3.62. The van der Waals surface area contributed by atoms with E-state index in [0.717, 1.165) is 59.7 Å².